The van der Waals surface area contributed by atoms with Gasteiger partial charge in [0.1, 0.15) is 0 Å². The van der Waals surface area contributed by atoms with E-state index in [-0.39, 0.29) is 12.2 Å². The highest BCUT2D eigenvalue weighted by atomic mass is 16.3. The molecule has 0 aromatic heterocycles. The Labute approximate surface area is 175 Å². The minimum absolute atomic E-state index is 0.235. The van der Waals surface area contributed by atoms with E-state index in [0.717, 1.165) is 39.0 Å². The molecule has 0 fully saturated rings. The standard InChI is InChI=1S/C23H51N3O2/c1-5-7-8-9-10-11-12-13-14-21(3)23(28)20-25-16-18-26(4)17-15-24-19-22(27)6-2/h21-25,27-28H,5-20H2,1-4H3. The Morgan fingerprint density at radius 1 is 0.786 bits per heavy atom. The van der Waals surface area contributed by atoms with Gasteiger partial charge in [0.05, 0.1) is 12.2 Å². The van der Waals surface area contributed by atoms with Crippen LogP contribution in [0.15, 0.2) is 0 Å². The van der Waals surface area contributed by atoms with Crippen LogP contribution in [0.5, 0.6) is 0 Å². The van der Waals surface area contributed by atoms with Crippen molar-refractivity contribution in [2.75, 3.05) is 46.3 Å². The molecular weight excluding hydrogens is 350 g/mol. The summed E-state index contributed by atoms with van der Waals surface area (Å²) in [6.45, 7) is 11.5. The Morgan fingerprint density at radius 3 is 1.89 bits per heavy atom. The monoisotopic (exact) mass is 401 g/mol. The second-order valence-corrected chi connectivity index (χ2v) is 8.58. The minimum atomic E-state index is -0.243. The largest absolute Gasteiger partial charge is 0.392 e. The highest BCUT2D eigenvalue weighted by Crippen LogP contribution is 2.15. The molecule has 4 N–H and O–H groups in total. The van der Waals surface area contributed by atoms with E-state index in [1.165, 1.54) is 51.4 Å². The molecule has 0 aliphatic rings. The number of aliphatic hydroxyl groups is 2. The molecule has 0 saturated carbocycles. The van der Waals surface area contributed by atoms with Crippen LogP contribution in [0.3, 0.4) is 0 Å². The molecule has 0 aromatic rings. The van der Waals surface area contributed by atoms with Gasteiger partial charge in [-0.3, -0.25) is 0 Å². The fourth-order valence-electron chi connectivity index (χ4n) is 3.31. The van der Waals surface area contributed by atoms with Crippen molar-refractivity contribution in [3.05, 3.63) is 0 Å². The number of unbranched alkanes of at least 4 members (excludes halogenated alkanes) is 7. The second kappa shape index (κ2) is 20.1. The van der Waals surface area contributed by atoms with Crippen molar-refractivity contribution < 1.29 is 10.2 Å². The lowest BCUT2D eigenvalue weighted by molar-refractivity contribution is 0.108. The molecular formula is C23H51N3O2. The van der Waals surface area contributed by atoms with Crippen LogP contribution < -0.4 is 10.6 Å². The number of rotatable bonds is 21. The van der Waals surface area contributed by atoms with Gasteiger partial charge in [-0.05, 0) is 25.8 Å². The van der Waals surface area contributed by atoms with Crippen LogP contribution in [-0.4, -0.2) is 73.6 Å². The number of aliphatic hydroxyl groups excluding tert-OH is 2. The predicted octanol–water partition coefficient (Wildman–Crippen LogP) is 3.40. The Balaban J connectivity index is 3.50. The first kappa shape index (κ1) is 27.8. The molecule has 5 heteroatoms. The third-order valence-electron chi connectivity index (χ3n) is 5.72. The number of likely N-dealkylation sites (N-methyl/N-ethyl adjacent to an activating group) is 1. The normalized spacial score (nSPS) is 15.1. The van der Waals surface area contributed by atoms with E-state index < -0.39 is 0 Å². The summed E-state index contributed by atoms with van der Waals surface area (Å²) in [6.07, 6.45) is 12.2. The molecule has 0 radical (unpaired) electrons. The lowest BCUT2D eigenvalue weighted by atomic mass is 9.96. The van der Waals surface area contributed by atoms with E-state index in [1.807, 2.05) is 6.92 Å². The van der Waals surface area contributed by atoms with Crippen LogP contribution in [0.1, 0.15) is 85.0 Å². The van der Waals surface area contributed by atoms with Gasteiger partial charge in [-0.15, -0.1) is 0 Å². The van der Waals surface area contributed by atoms with E-state index >= 15 is 0 Å². The predicted molar refractivity (Wildman–Crippen MR) is 122 cm³/mol. The fourth-order valence-corrected chi connectivity index (χ4v) is 3.31. The summed E-state index contributed by atoms with van der Waals surface area (Å²) < 4.78 is 0. The smallest absolute Gasteiger partial charge is 0.0690 e. The molecule has 5 nitrogen and oxygen atoms in total. The third-order valence-corrected chi connectivity index (χ3v) is 5.72. The van der Waals surface area contributed by atoms with Gasteiger partial charge in [0.15, 0.2) is 0 Å². The first-order valence-corrected chi connectivity index (χ1v) is 12.0. The summed E-state index contributed by atoms with van der Waals surface area (Å²) in [4.78, 5) is 2.27. The van der Waals surface area contributed by atoms with Gasteiger partial charge in [-0.25, -0.2) is 0 Å². The van der Waals surface area contributed by atoms with Crippen molar-refractivity contribution >= 4 is 0 Å². The first-order chi connectivity index (χ1) is 13.5. The van der Waals surface area contributed by atoms with Crippen LogP contribution in [0, 0.1) is 5.92 Å². The maximum Gasteiger partial charge on any atom is 0.0690 e. The van der Waals surface area contributed by atoms with Crippen molar-refractivity contribution in [2.24, 2.45) is 5.92 Å². The third kappa shape index (κ3) is 17.9. The van der Waals surface area contributed by atoms with Gasteiger partial charge in [-0.2, -0.15) is 0 Å². The SMILES string of the molecule is CCCCCCCCCCC(C)C(O)CNCCN(C)CCNCC(O)CC. The molecule has 0 rings (SSSR count). The number of nitrogens with one attached hydrogen (secondary N) is 2. The van der Waals surface area contributed by atoms with Crippen LogP contribution in [0.4, 0.5) is 0 Å². The van der Waals surface area contributed by atoms with Crippen molar-refractivity contribution in [1.29, 1.82) is 0 Å². The molecule has 3 atom stereocenters. The topological polar surface area (TPSA) is 67.8 Å². The lowest BCUT2D eigenvalue weighted by Crippen LogP contribution is -2.38. The summed E-state index contributed by atoms with van der Waals surface area (Å²) in [7, 11) is 2.11. The molecule has 0 saturated heterocycles. The minimum Gasteiger partial charge on any atom is -0.392 e. The molecule has 3 unspecified atom stereocenters. The number of hydrogen-bond acceptors (Lipinski definition) is 5. The van der Waals surface area contributed by atoms with Gasteiger partial charge in [0.2, 0.25) is 0 Å². The maximum absolute atomic E-state index is 10.3. The van der Waals surface area contributed by atoms with E-state index in [0.29, 0.717) is 19.0 Å². The Morgan fingerprint density at radius 2 is 1.32 bits per heavy atom. The molecule has 0 spiro atoms. The molecule has 170 valence electrons. The number of nitrogens with zero attached hydrogens (tertiary/aromatic N) is 1. The van der Waals surface area contributed by atoms with Crippen molar-refractivity contribution in [1.82, 2.24) is 15.5 Å². The lowest BCUT2D eigenvalue weighted by Gasteiger charge is -2.21. The quantitative estimate of drug-likeness (QED) is 0.222. The van der Waals surface area contributed by atoms with Crippen molar-refractivity contribution in [2.45, 2.75) is 97.2 Å². The van der Waals surface area contributed by atoms with Crippen molar-refractivity contribution in [3.63, 3.8) is 0 Å². The first-order valence-electron chi connectivity index (χ1n) is 12.0. The zero-order valence-electron chi connectivity index (χ0n) is 19.4. The second-order valence-electron chi connectivity index (χ2n) is 8.58. The molecule has 0 aliphatic heterocycles. The Kier molecular flexibility index (Phi) is 19.9. The molecule has 0 heterocycles. The van der Waals surface area contributed by atoms with Gasteiger partial charge in [-0.1, -0.05) is 72.1 Å². The average Bonchev–Trinajstić information content (AvgIpc) is 2.69. The van der Waals surface area contributed by atoms with Crippen LogP contribution in [-0.2, 0) is 0 Å². The van der Waals surface area contributed by atoms with Crippen LogP contribution >= 0.6 is 0 Å². The summed E-state index contributed by atoms with van der Waals surface area (Å²) in [6, 6.07) is 0. The Hall–Kier alpha value is -0.200. The highest BCUT2D eigenvalue weighted by Gasteiger charge is 2.13. The maximum atomic E-state index is 10.3. The molecule has 0 aromatic carbocycles. The van der Waals surface area contributed by atoms with Crippen LogP contribution in [0.25, 0.3) is 0 Å². The fraction of sp³-hybridized carbons (Fsp3) is 1.00. The molecule has 28 heavy (non-hydrogen) atoms. The molecule has 0 bridgehead atoms. The van der Waals surface area contributed by atoms with Gasteiger partial charge >= 0.3 is 0 Å². The summed E-state index contributed by atoms with van der Waals surface area (Å²) in [5.41, 5.74) is 0. The van der Waals surface area contributed by atoms with E-state index in [4.69, 9.17) is 0 Å². The number of hydrogen-bond donors (Lipinski definition) is 4. The zero-order valence-corrected chi connectivity index (χ0v) is 19.4. The van der Waals surface area contributed by atoms with Gasteiger partial charge < -0.3 is 25.7 Å². The summed E-state index contributed by atoms with van der Waals surface area (Å²) >= 11 is 0. The highest BCUT2D eigenvalue weighted by molar-refractivity contribution is 4.68. The molecule has 0 amide bonds. The van der Waals surface area contributed by atoms with E-state index in [1.54, 1.807) is 0 Å². The average molecular weight is 402 g/mol. The summed E-state index contributed by atoms with van der Waals surface area (Å²) in [5, 5.41) is 26.5. The Bertz CT molecular complexity index is 318. The van der Waals surface area contributed by atoms with Crippen molar-refractivity contribution in [3.8, 4) is 0 Å². The van der Waals surface area contributed by atoms with Crippen LogP contribution in [0.2, 0.25) is 0 Å². The van der Waals surface area contributed by atoms with E-state index in [9.17, 15) is 10.2 Å². The molecule has 0 aliphatic carbocycles. The van der Waals surface area contributed by atoms with Gasteiger partial charge in [0.25, 0.3) is 0 Å². The summed E-state index contributed by atoms with van der Waals surface area (Å²) in [5.74, 6) is 0.375. The zero-order chi connectivity index (χ0) is 21.0. The van der Waals surface area contributed by atoms with Gasteiger partial charge in [0, 0.05) is 39.3 Å². The van der Waals surface area contributed by atoms with E-state index in [2.05, 4.69) is 36.4 Å².